The van der Waals surface area contributed by atoms with E-state index in [0.29, 0.717) is 6.54 Å². The Bertz CT molecular complexity index is 954. The second-order valence-corrected chi connectivity index (χ2v) is 8.02. The van der Waals surface area contributed by atoms with E-state index in [4.69, 9.17) is 0 Å². The van der Waals surface area contributed by atoms with E-state index >= 15 is 0 Å². The van der Waals surface area contributed by atoms with Gasteiger partial charge in [0.05, 0.1) is 4.90 Å². The minimum atomic E-state index is -3.56. The van der Waals surface area contributed by atoms with Crippen LogP contribution in [0.4, 0.5) is 0 Å². The van der Waals surface area contributed by atoms with Crippen LogP contribution in [0.3, 0.4) is 0 Å². The first-order valence-corrected chi connectivity index (χ1v) is 9.65. The van der Waals surface area contributed by atoms with E-state index in [-0.39, 0.29) is 10.9 Å². The molecule has 0 amide bonds. The molecule has 1 N–H and O–H groups in total. The molecular weight excluding hydrogens is 332 g/mol. The SMILES string of the molecule is CN(C)[C@@H](CNS(=O)(=O)c1ccc2ccccc2c1)c1ccccc1. The van der Waals surface area contributed by atoms with E-state index in [9.17, 15) is 8.42 Å². The fourth-order valence-corrected chi connectivity index (χ4v) is 3.95. The number of benzene rings is 3. The zero-order chi connectivity index (χ0) is 17.9. The molecule has 0 bridgehead atoms. The minimum Gasteiger partial charge on any atom is -0.301 e. The number of hydrogen-bond acceptors (Lipinski definition) is 3. The lowest BCUT2D eigenvalue weighted by Gasteiger charge is -2.25. The summed E-state index contributed by atoms with van der Waals surface area (Å²) in [5.74, 6) is 0. The number of fused-ring (bicyclic) bond motifs is 1. The van der Waals surface area contributed by atoms with Gasteiger partial charge >= 0.3 is 0 Å². The molecule has 0 heterocycles. The zero-order valence-corrected chi connectivity index (χ0v) is 15.2. The van der Waals surface area contributed by atoms with E-state index in [1.165, 1.54) is 0 Å². The molecule has 0 spiro atoms. The Morgan fingerprint density at radius 3 is 2.20 bits per heavy atom. The maximum absolute atomic E-state index is 12.7. The van der Waals surface area contributed by atoms with Gasteiger partial charge in [0.1, 0.15) is 0 Å². The van der Waals surface area contributed by atoms with Crippen LogP contribution in [0.2, 0.25) is 0 Å². The summed E-state index contributed by atoms with van der Waals surface area (Å²) in [5, 5.41) is 1.94. The van der Waals surface area contributed by atoms with Gasteiger partial charge in [-0.25, -0.2) is 13.1 Å². The van der Waals surface area contributed by atoms with Crippen molar-refractivity contribution in [1.82, 2.24) is 9.62 Å². The van der Waals surface area contributed by atoms with Crippen LogP contribution in [-0.2, 0) is 10.0 Å². The molecule has 130 valence electrons. The first-order chi connectivity index (χ1) is 12.0. The molecule has 1 atom stereocenters. The fraction of sp³-hybridized carbons (Fsp3) is 0.200. The molecule has 5 heteroatoms. The molecule has 4 nitrogen and oxygen atoms in total. The first kappa shape index (κ1) is 17.6. The molecule has 0 saturated carbocycles. The highest BCUT2D eigenvalue weighted by Gasteiger charge is 2.19. The molecule has 0 unspecified atom stereocenters. The van der Waals surface area contributed by atoms with Gasteiger partial charge in [0.15, 0.2) is 0 Å². The van der Waals surface area contributed by atoms with Crippen LogP contribution < -0.4 is 4.72 Å². The highest BCUT2D eigenvalue weighted by molar-refractivity contribution is 7.89. The van der Waals surface area contributed by atoms with Crippen LogP contribution in [0.5, 0.6) is 0 Å². The fourth-order valence-electron chi connectivity index (χ4n) is 2.88. The number of hydrogen-bond donors (Lipinski definition) is 1. The van der Waals surface area contributed by atoms with Crippen LogP contribution >= 0.6 is 0 Å². The highest BCUT2D eigenvalue weighted by atomic mass is 32.2. The molecule has 3 aromatic rings. The number of nitrogens with one attached hydrogen (secondary N) is 1. The molecule has 3 rings (SSSR count). The number of rotatable bonds is 6. The molecule has 0 aliphatic heterocycles. The smallest absolute Gasteiger partial charge is 0.240 e. The lowest BCUT2D eigenvalue weighted by Crippen LogP contribution is -2.34. The maximum atomic E-state index is 12.7. The van der Waals surface area contributed by atoms with E-state index in [0.717, 1.165) is 16.3 Å². The Morgan fingerprint density at radius 1 is 0.880 bits per heavy atom. The third-order valence-electron chi connectivity index (χ3n) is 4.31. The van der Waals surface area contributed by atoms with Gasteiger partial charge in [-0.3, -0.25) is 0 Å². The molecule has 25 heavy (non-hydrogen) atoms. The van der Waals surface area contributed by atoms with Gasteiger partial charge < -0.3 is 4.90 Å². The standard InChI is InChI=1S/C20H22N2O2S/c1-22(2)20(17-9-4-3-5-10-17)15-21-25(23,24)19-13-12-16-8-6-7-11-18(16)14-19/h3-14,20-21H,15H2,1-2H3/t20-/m0/s1. The van der Waals surface area contributed by atoms with E-state index in [2.05, 4.69) is 4.72 Å². The van der Waals surface area contributed by atoms with Crippen molar-refractivity contribution in [2.45, 2.75) is 10.9 Å². The molecule has 0 fully saturated rings. The van der Waals surface area contributed by atoms with Gasteiger partial charge in [-0.15, -0.1) is 0 Å². The van der Waals surface area contributed by atoms with Crippen LogP contribution in [-0.4, -0.2) is 34.0 Å². The van der Waals surface area contributed by atoms with Gasteiger partial charge in [-0.1, -0.05) is 60.7 Å². The quantitative estimate of drug-likeness (QED) is 0.738. The predicted molar refractivity (Wildman–Crippen MR) is 102 cm³/mol. The second kappa shape index (κ2) is 7.35. The highest BCUT2D eigenvalue weighted by Crippen LogP contribution is 2.21. The topological polar surface area (TPSA) is 49.4 Å². The largest absolute Gasteiger partial charge is 0.301 e. The van der Waals surface area contributed by atoms with Gasteiger partial charge in [0, 0.05) is 12.6 Å². The van der Waals surface area contributed by atoms with E-state index in [1.54, 1.807) is 12.1 Å². The molecular formula is C20H22N2O2S. The Balaban J connectivity index is 1.82. The minimum absolute atomic E-state index is 0.0311. The lowest BCUT2D eigenvalue weighted by atomic mass is 10.1. The summed E-state index contributed by atoms with van der Waals surface area (Å²) in [6.07, 6.45) is 0. The maximum Gasteiger partial charge on any atom is 0.240 e. The van der Waals surface area contributed by atoms with Crippen LogP contribution in [0, 0.1) is 0 Å². The van der Waals surface area contributed by atoms with Crippen molar-refractivity contribution in [3.05, 3.63) is 78.4 Å². The summed E-state index contributed by atoms with van der Waals surface area (Å²) in [7, 11) is 0.328. The normalized spacial score (nSPS) is 13.2. The van der Waals surface area contributed by atoms with Crippen molar-refractivity contribution >= 4 is 20.8 Å². The molecule has 0 saturated heterocycles. The summed E-state index contributed by atoms with van der Waals surface area (Å²) < 4.78 is 28.2. The van der Waals surface area contributed by atoms with Crippen molar-refractivity contribution in [3.63, 3.8) is 0 Å². The summed E-state index contributed by atoms with van der Waals surface area (Å²) >= 11 is 0. The number of likely N-dealkylation sites (N-methyl/N-ethyl adjacent to an activating group) is 1. The van der Waals surface area contributed by atoms with Crippen LogP contribution in [0.1, 0.15) is 11.6 Å². The van der Waals surface area contributed by atoms with Gasteiger partial charge in [-0.05, 0) is 42.6 Å². The molecule has 3 aromatic carbocycles. The first-order valence-electron chi connectivity index (χ1n) is 8.17. The summed E-state index contributed by atoms with van der Waals surface area (Å²) in [6, 6.07) is 22.8. The van der Waals surface area contributed by atoms with Gasteiger partial charge in [0.2, 0.25) is 10.0 Å². The van der Waals surface area contributed by atoms with Crippen molar-refractivity contribution in [2.75, 3.05) is 20.6 Å². The summed E-state index contributed by atoms with van der Waals surface area (Å²) in [4.78, 5) is 2.30. The molecule has 0 radical (unpaired) electrons. The molecule has 0 aliphatic rings. The number of sulfonamides is 1. The summed E-state index contributed by atoms with van der Waals surface area (Å²) in [6.45, 7) is 0.312. The molecule has 0 aliphatic carbocycles. The average molecular weight is 354 g/mol. The summed E-state index contributed by atoms with van der Waals surface area (Å²) in [5.41, 5.74) is 1.08. The van der Waals surface area contributed by atoms with Crippen LogP contribution in [0.25, 0.3) is 10.8 Å². The Labute approximate surface area is 149 Å². The van der Waals surface area contributed by atoms with Crippen molar-refractivity contribution in [1.29, 1.82) is 0 Å². The lowest BCUT2D eigenvalue weighted by molar-refractivity contribution is 0.299. The van der Waals surface area contributed by atoms with E-state index in [1.807, 2.05) is 79.7 Å². The van der Waals surface area contributed by atoms with Gasteiger partial charge in [0.25, 0.3) is 0 Å². The Morgan fingerprint density at radius 2 is 1.52 bits per heavy atom. The van der Waals surface area contributed by atoms with Gasteiger partial charge in [-0.2, -0.15) is 0 Å². The van der Waals surface area contributed by atoms with Crippen LogP contribution in [0.15, 0.2) is 77.7 Å². The Hall–Kier alpha value is -2.21. The third kappa shape index (κ3) is 4.07. The number of nitrogens with zero attached hydrogens (tertiary/aromatic N) is 1. The monoisotopic (exact) mass is 354 g/mol. The average Bonchev–Trinajstić information content (AvgIpc) is 2.62. The van der Waals surface area contributed by atoms with Crippen molar-refractivity contribution in [3.8, 4) is 0 Å². The Kier molecular flexibility index (Phi) is 5.18. The van der Waals surface area contributed by atoms with Crippen molar-refractivity contribution < 1.29 is 8.42 Å². The van der Waals surface area contributed by atoms with E-state index < -0.39 is 10.0 Å². The zero-order valence-electron chi connectivity index (χ0n) is 14.4. The predicted octanol–water partition coefficient (Wildman–Crippen LogP) is 3.42. The molecule has 0 aromatic heterocycles. The second-order valence-electron chi connectivity index (χ2n) is 6.25. The third-order valence-corrected chi connectivity index (χ3v) is 5.73. The van der Waals surface area contributed by atoms with Crippen molar-refractivity contribution in [2.24, 2.45) is 0 Å².